The minimum atomic E-state index is 0.125. The molecule has 6 heteroatoms. The van der Waals surface area contributed by atoms with Gasteiger partial charge in [0.2, 0.25) is 0 Å². The molecule has 1 unspecified atom stereocenters. The van der Waals surface area contributed by atoms with E-state index < -0.39 is 0 Å². The minimum Gasteiger partial charge on any atom is -0.380 e. The molecular formula is C23H32N4O2. The zero-order valence-electron chi connectivity index (χ0n) is 17.6. The van der Waals surface area contributed by atoms with E-state index in [2.05, 4.69) is 11.2 Å². The molecule has 156 valence electrons. The number of rotatable bonds is 7. The number of fused-ring (bicyclic) bond motifs is 1. The lowest BCUT2D eigenvalue weighted by atomic mass is 9.84. The Hall–Kier alpha value is -2.18. The molecule has 2 N–H and O–H groups in total. The van der Waals surface area contributed by atoms with Crippen LogP contribution < -0.4 is 5.73 Å². The summed E-state index contributed by atoms with van der Waals surface area (Å²) < 4.78 is 7.19. The van der Waals surface area contributed by atoms with Gasteiger partial charge in [0.05, 0.1) is 18.5 Å². The van der Waals surface area contributed by atoms with Gasteiger partial charge in [-0.2, -0.15) is 5.10 Å². The van der Waals surface area contributed by atoms with Crippen LogP contribution in [0.15, 0.2) is 24.4 Å². The van der Waals surface area contributed by atoms with Gasteiger partial charge in [0, 0.05) is 50.0 Å². The van der Waals surface area contributed by atoms with Crippen LogP contribution in [0.25, 0.3) is 11.3 Å². The van der Waals surface area contributed by atoms with Crippen LogP contribution in [0, 0.1) is 5.92 Å². The van der Waals surface area contributed by atoms with E-state index in [1.807, 2.05) is 35.0 Å². The van der Waals surface area contributed by atoms with Crippen molar-refractivity contribution in [3.05, 3.63) is 41.1 Å². The zero-order valence-corrected chi connectivity index (χ0v) is 17.6. The molecule has 0 bridgehead atoms. The fraction of sp³-hybridized carbons (Fsp3) is 0.565. The number of benzene rings is 1. The van der Waals surface area contributed by atoms with Crippen LogP contribution in [0.1, 0.15) is 60.0 Å². The summed E-state index contributed by atoms with van der Waals surface area (Å²) in [4.78, 5) is 15.1. The van der Waals surface area contributed by atoms with E-state index in [9.17, 15) is 4.79 Å². The number of ether oxygens (including phenoxy) is 1. The van der Waals surface area contributed by atoms with Crippen molar-refractivity contribution < 1.29 is 9.53 Å². The topological polar surface area (TPSA) is 73.4 Å². The summed E-state index contributed by atoms with van der Waals surface area (Å²) in [6, 6.07) is 6.25. The average Bonchev–Trinajstić information content (AvgIpc) is 3.26. The van der Waals surface area contributed by atoms with Crippen molar-refractivity contribution in [2.24, 2.45) is 18.7 Å². The van der Waals surface area contributed by atoms with Gasteiger partial charge in [0.15, 0.2) is 0 Å². The monoisotopic (exact) mass is 396 g/mol. The van der Waals surface area contributed by atoms with Crippen molar-refractivity contribution in [3.8, 4) is 11.3 Å². The summed E-state index contributed by atoms with van der Waals surface area (Å²) >= 11 is 0. The normalized spacial score (nSPS) is 18.3. The predicted molar refractivity (Wildman–Crippen MR) is 113 cm³/mol. The molecule has 29 heavy (non-hydrogen) atoms. The van der Waals surface area contributed by atoms with Crippen LogP contribution in [0.3, 0.4) is 0 Å². The lowest BCUT2D eigenvalue weighted by molar-refractivity contribution is 0.0674. The highest BCUT2D eigenvalue weighted by Crippen LogP contribution is 2.34. The summed E-state index contributed by atoms with van der Waals surface area (Å²) in [5, 5.41) is 4.38. The Labute approximate surface area is 173 Å². The highest BCUT2D eigenvalue weighted by atomic mass is 16.5. The molecule has 1 aromatic heterocycles. The maximum Gasteiger partial charge on any atom is 0.254 e. The largest absolute Gasteiger partial charge is 0.380 e. The van der Waals surface area contributed by atoms with Gasteiger partial charge in [0.1, 0.15) is 0 Å². The Morgan fingerprint density at radius 2 is 2.07 bits per heavy atom. The number of nitrogens with zero attached hydrogens (tertiary/aromatic N) is 3. The van der Waals surface area contributed by atoms with Crippen LogP contribution in [0.2, 0.25) is 0 Å². The second-order valence-electron chi connectivity index (χ2n) is 8.51. The van der Waals surface area contributed by atoms with Gasteiger partial charge in [-0.25, -0.2) is 0 Å². The number of amides is 1. The maximum absolute atomic E-state index is 13.1. The van der Waals surface area contributed by atoms with E-state index in [4.69, 9.17) is 10.5 Å². The van der Waals surface area contributed by atoms with Gasteiger partial charge in [0.25, 0.3) is 5.91 Å². The lowest BCUT2D eigenvalue weighted by Crippen LogP contribution is -2.42. The summed E-state index contributed by atoms with van der Waals surface area (Å²) in [5.41, 5.74) is 11.2. The molecule has 2 aromatic rings. The highest BCUT2D eigenvalue weighted by molar-refractivity contribution is 5.99. The Morgan fingerprint density at radius 1 is 1.28 bits per heavy atom. The maximum atomic E-state index is 13.1. The first-order chi connectivity index (χ1) is 14.1. The Balaban J connectivity index is 1.56. The second-order valence-corrected chi connectivity index (χ2v) is 8.51. The van der Waals surface area contributed by atoms with Crippen molar-refractivity contribution in [2.45, 2.75) is 57.7 Å². The molecule has 1 aromatic carbocycles. The van der Waals surface area contributed by atoms with Gasteiger partial charge >= 0.3 is 0 Å². The van der Waals surface area contributed by atoms with Crippen LogP contribution in [-0.4, -0.2) is 40.3 Å². The SMILES string of the molecule is COCc1cnn(C)c1-c1ccc2c(c1)CN(C(CN)CC1CCCCC1)C2=O. The van der Waals surface area contributed by atoms with Gasteiger partial charge in [-0.05, 0) is 30.0 Å². The molecule has 2 aliphatic rings. The molecule has 6 nitrogen and oxygen atoms in total. The summed E-state index contributed by atoms with van der Waals surface area (Å²) in [5.74, 6) is 0.829. The summed E-state index contributed by atoms with van der Waals surface area (Å²) in [7, 11) is 3.63. The van der Waals surface area contributed by atoms with Crippen LogP contribution in [0.5, 0.6) is 0 Å². The van der Waals surface area contributed by atoms with Crippen molar-refractivity contribution in [1.82, 2.24) is 14.7 Å². The molecule has 0 spiro atoms. The van der Waals surface area contributed by atoms with E-state index in [0.29, 0.717) is 25.6 Å². The van der Waals surface area contributed by atoms with Crippen LogP contribution in [-0.2, 0) is 24.9 Å². The molecule has 1 atom stereocenters. The third-order valence-electron chi connectivity index (χ3n) is 6.57. The number of hydrogen-bond acceptors (Lipinski definition) is 4. The first kappa shape index (κ1) is 20.1. The molecule has 0 saturated heterocycles. The number of nitrogens with two attached hydrogens (primary N) is 1. The van der Waals surface area contributed by atoms with Gasteiger partial charge in [-0.3, -0.25) is 9.48 Å². The number of hydrogen-bond donors (Lipinski definition) is 1. The summed E-state index contributed by atoms with van der Waals surface area (Å²) in [6.45, 7) is 1.69. The zero-order chi connectivity index (χ0) is 20.4. The fourth-order valence-corrected chi connectivity index (χ4v) is 5.06. The molecule has 1 saturated carbocycles. The Morgan fingerprint density at radius 3 is 2.79 bits per heavy atom. The van der Waals surface area contributed by atoms with Crippen molar-refractivity contribution >= 4 is 5.91 Å². The van der Waals surface area contributed by atoms with Crippen LogP contribution in [0.4, 0.5) is 0 Å². The van der Waals surface area contributed by atoms with E-state index in [1.54, 1.807) is 7.11 Å². The van der Waals surface area contributed by atoms with Gasteiger partial charge < -0.3 is 15.4 Å². The third kappa shape index (κ3) is 3.96. The Kier molecular flexibility index (Phi) is 6.01. The molecule has 2 heterocycles. The van der Waals surface area contributed by atoms with Crippen LogP contribution >= 0.6 is 0 Å². The van der Waals surface area contributed by atoms with Crippen molar-refractivity contribution in [1.29, 1.82) is 0 Å². The smallest absolute Gasteiger partial charge is 0.254 e. The molecule has 1 amide bonds. The van der Waals surface area contributed by atoms with E-state index in [0.717, 1.165) is 34.4 Å². The average molecular weight is 397 g/mol. The third-order valence-corrected chi connectivity index (χ3v) is 6.57. The number of aromatic nitrogens is 2. The minimum absolute atomic E-state index is 0.125. The fourth-order valence-electron chi connectivity index (χ4n) is 5.06. The molecule has 4 rings (SSSR count). The van der Waals surface area contributed by atoms with E-state index in [-0.39, 0.29) is 11.9 Å². The first-order valence-corrected chi connectivity index (χ1v) is 10.8. The molecular weight excluding hydrogens is 364 g/mol. The van der Waals surface area contributed by atoms with Gasteiger partial charge in [-0.15, -0.1) is 0 Å². The second kappa shape index (κ2) is 8.67. The quantitative estimate of drug-likeness (QED) is 0.778. The van der Waals surface area contributed by atoms with Crippen molar-refractivity contribution in [3.63, 3.8) is 0 Å². The Bertz CT molecular complexity index is 870. The number of aryl methyl sites for hydroxylation is 1. The standard InChI is InChI=1S/C23H32N4O2/c1-26-22(19(13-25-26)15-29-2)17-8-9-21-18(11-17)14-27(23(21)28)20(12-24)10-16-6-4-3-5-7-16/h8-9,11,13,16,20H,3-7,10,12,14-15,24H2,1-2H3. The number of carbonyl (C=O) groups excluding carboxylic acids is 1. The van der Waals surface area contributed by atoms with E-state index >= 15 is 0 Å². The first-order valence-electron chi connectivity index (χ1n) is 10.8. The van der Waals surface area contributed by atoms with Crippen molar-refractivity contribution in [2.75, 3.05) is 13.7 Å². The van der Waals surface area contributed by atoms with Gasteiger partial charge in [-0.1, -0.05) is 38.2 Å². The molecule has 1 aliphatic carbocycles. The molecule has 0 radical (unpaired) electrons. The number of methoxy groups -OCH3 is 1. The summed E-state index contributed by atoms with van der Waals surface area (Å²) in [6.07, 6.45) is 9.40. The molecule has 1 fully saturated rings. The highest BCUT2D eigenvalue weighted by Gasteiger charge is 2.34. The molecule has 1 aliphatic heterocycles. The number of carbonyl (C=O) groups is 1. The lowest BCUT2D eigenvalue weighted by Gasteiger charge is -2.31. The predicted octanol–water partition coefficient (Wildman–Crippen LogP) is 3.49. The van der Waals surface area contributed by atoms with E-state index in [1.165, 1.54) is 32.1 Å².